The van der Waals surface area contributed by atoms with Crippen LogP contribution in [0.4, 0.5) is 4.39 Å². The molecule has 1 fully saturated rings. The third kappa shape index (κ3) is 4.57. The molecular weight excluding hydrogens is 421 g/mol. The molecule has 2 aromatic heterocycles. The molecule has 1 amide bonds. The molecule has 1 saturated heterocycles. The lowest BCUT2D eigenvalue weighted by Gasteiger charge is -2.36. The smallest absolute Gasteiger partial charge is 0.254 e. The molecule has 170 valence electrons. The van der Waals surface area contributed by atoms with Crippen LogP contribution >= 0.6 is 0 Å². The number of hydrogen-bond acceptors (Lipinski definition) is 5. The van der Waals surface area contributed by atoms with Gasteiger partial charge in [-0.05, 0) is 67.6 Å². The van der Waals surface area contributed by atoms with Crippen LogP contribution in [0.3, 0.4) is 0 Å². The van der Waals surface area contributed by atoms with E-state index in [4.69, 9.17) is 4.98 Å². The number of H-pyrrole nitrogens is 1. The maximum absolute atomic E-state index is 13.3. The number of likely N-dealkylation sites (tertiary alicyclic amines) is 1. The molecule has 1 N–H and O–H groups in total. The minimum atomic E-state index is -0.376. The van der Waals surface area contributed by atoms with Gasteiger partial charge in [-0.25, -0.2) is 9.37 Å². The first-order chi connectivity index (χ1) is 16.1. The summed E-state index contributed by atoms with van der Waals surface area (Å²) < 4.78 is 13.3. The molecule has 1 atom stereocenters. The van der Waals surface area contributed by atoms with Crippen LogP contribution < -0.4 is 5.56 Å². The number of nitrogens with one attached hydrogen (secondary N) is 1. The van der Waals surface area contributed by atoms with Crippen molar-refractivity contribution in [3.63, 3.8) is 0 Å². The Balaban J connectivity index is 1.41. The molecule has 0 bridgehead atoms. The molecular formula is C25H26FN5O2. The molecule has 3 aromatic rings. The van der Waals surface area contributed by atoms with Crippen molar-refractivity contribution in [1.29, 1.82) is 0 Å². The van der Waals surface area contributed by atoms with Gasteiger partial charge in [0, 0.05) is 49.7 Å². The van der Waals surface area contributed by atoms with Crippen molar-refractivity contribution >= 4 is 5.91 Å². The number of piperidine rings is 1. The van der Waals surface area contributed by atoms with E-state index in [1.165, 1.54) is 29.8 Å². The number of hydrogen-bond donors (Lipinski definition) is 1. The summed E-state index contributed by atoms with van der Waals surface area (Å²) in [4.78, 5) is 42.0. The molecule has 0 spiro atoms. The maximum Gasteiger partial charge on any atom is 0.254 e. The molecule has 1 aromatic carbocycles. The molecule has 33 heavy (non-hydrogen) atoms. The summed E-state index contributed by atoms with van der Waals surface area (Å²) >= 11 is 0. The topological polar surface area (TPSA) is 82.2 Å². The van der Waals surface area contributed by atoms with Gasteiger partial charge < -0.3 is 9.88 Å². The SMILES string of the molecule is O=C(c1ccc(F)cc1)N1CCCCC1c1nc2c(c(=O)[nH]1)CCN(Cc1ccncc1)C2. The van der Waals surface area contributed by atoms with Gasteiger partial charge in [0.25, 0.3) is 11.5 Å². The van der Waals surface area contributed by atoms with Gasteiger partial charge in [0.15, 0.2) is 0 Å². The van der Waals surface area contributed by atoms with E-state index < -0.39 is 0 Å². The number of pyridine rings is 1. The second kappa shape index (κ2) is 9.23. The number of nitrogens with zero attached hydrogens (tertiary/aromatic N) is 4. The number of carbonyl (C=O) groups excluding carboxylic acids is 1. The van der Waals surface area contributed by atoms with Crippen LogP contribution in [0, 0.1) is 5.82 Å². The van der Waals surface area contributed by atoms with E-state index in [1.807, 2.05) is 12.1 Å². The summed E-state index contributed by atoms with van der Waals surface area (Å²) in [5.41, 5.74) is 3.01. The van der Waals surface area contributed by atoms with Gasteiger partial charge in [0.1, 0.15) is 11.6 Å². The van der Waals surface area contributed by atoms with Crippen LogP contribution in [0.1, 0.15) is 58.3 Å². The Morgan fingerprint density at radius 2 is 1.88 bits per heavy atom. The first-order valence-corrected chi connectivity index (χ1v) is 11.4. The molecule has 2 aliphatic rings. The van der Waals surface area contributed by atoms with Crippen LogP contribution in [0.2, 0.25) is 0 Å². The van der Waals surface area contributed by atoms with Crippen molar-refractivity contribution in [2.24, 2.45) is 0 Å². The van der Waals surface area contributed by atoms with Crippen molar-refractivity contribution in [3.8, 4) is 0 Å². The Morgan fingerprint density at radius 1 is 1.09 bits per heavy atom. The third-order valence-electron chi connectivity index (χ3n) is 6.50. The molecule has 8 heteroatoms. The highest BCUT2D eigenvalue weighted by Gasteiger charge is 2.32. The summed E-state index contributed by atoms with van der Waals surface area (Å²) in [6, 6.07) is 9.28. The van der Waals surface area contributed by atoms with E-state index in [9.17, 15) is 14.0 Å². The van der Waals surface area contributed by atoms with Gasteiger partial charge >= 0.3 is 0 Å². The van der Waals surface area contributed by atoms with Gasteiger partial charge in [0.05, 0.1) is 11.7 Å². The Hall–Kier alpha value is -3.39. The zero-order valence-corrected chi connectivity index (χ0v) is 18.3. The lowest BCUT2D eigenvalue weighted by atomic mass is 9.99. The molecule has 4 heterocycles. The second-order valence-corrected chi connectivity index (χ2v) is 8.71. The predicted octanol–water partition coefficient (Wildman–Crippen LogP) is 3.23. The molecule has 2 aliphatic heterocycles. The maximum atomic E-state index is 13.3. The first kappa shape index (κ1) is 21.5. The zero-order chi connectivity index (χ0) is 22.8. The normalized spacial score (nSPS) is 18.7. The second-order valence-electron chi connectivity index (χ2n) is 8.71. The predicted molar refractivity (Wildman–Crippen MR) is 121 cm³/mol. The van der Waals surface area contributed by atoms with Crippen LogP contribution in [-0.4, -0.2) is 43.7 Å². The van der Waals surface area contributed by atoms with Crippen LogP contribution in [-0.2, 0) is 19.5 Å². The van der Waals surface area contributed by atoms with E-state index in [-0.39, 0.29) is 23.3 Å². The van der Waals surface area contributed by atoms with Gasteiger partial charge in [-0.2, -0.15) is 0 Å². The fraction of sp³-hybridized carbons (Fsp3) is 0.360. The number of aromatic amines is 1. The number of carbonyl (C=O) groups is 1. The standard InChI is InChI=1S/C25H26FN5O2/c26-19-6-4-18(5-7-19)25(33)31-13-2-1-3-22(31)23-28-21-16-30(14-10-20(21)24(32)29-23)15-17-8-11-27-12-9-17/h4-9,11-12,22H,1-3,10,13-16H2,(H,28,29,32). The summed E-state index contributed by atoms with van der Waals surface area (Å²) in [5, 5.41) is 0. The lowest BCUT2D eigenvalue weighted by Crippen LogP contribution is -2.41. The molecule has 0 aliphatic carbocycles. The number of benzene rings is 1. The number of fused-ring (bicyclic) bond motifs is 1. The summed E-state index contributed by atoms with van der Waals surface area (Å²) in [5.74, 6) is -0.00203. The highest BCUT2D eigenvalue weighted by Crippen LogP contribution is 2.31. The zero-order valence-electron chi connectivity index (χ0n) is 18.3. The van der Waals surface area contributed by atoms with E-state index in [2.05, 4.69) is 14.9 Å². The molecule has 1 unspecified atom stereocenters. The summed E-state index contributed by atoms with van der Waals surface area (Å²) in [7, 11) is 0. The van der Waals surface area contributed by atoms with Crippen molar-refractivity contribution in [2.45, 2.75) is 44.8 Å². The van der Waals surface area contributed by atoms with Crippen LogP contribution in [0.25, 0.3) is 0 Å². The van der Waals surface area contributed by atoms with Gasteiger partial charge in [-0.15, -0.1) is 0 Å². The fourth-order valence-corrected chi connectivity index (χ4v) is 4.77. The number of rotatable bonds is 4. The molecule has 5 rings (SSSR count). The molecule has 0 radical (unpaired) electrons. The Morgan fingerprint density at radius 3 is 2.67 bits per heavy atom. The number of amides is 1. The van der Waals surface area contributed by atoms with Gasteiger partial charge in [-0.3, -0.25) is 19.5 Å². The van der Waals surface area contributed by atoms with Gasteiger partial charge in [0.2, 0.25) is 0 Å². The van der Waals surface area contributed by atoms with Crippen LogP contribution in [0.15, 0.2) is 53.6 Å². The van der Waals surface area contributed by atoms with E-state index in [1.54, 1.807) is 17.3 Å². The summed E-state index contributed by atoms with van der Waals surface area (Å²) in [6.45, 7) is 2.73. The largest absolute Gasteiger partial charge is 0.328 e. The van der Waals surface area contributed by atoms with E-state index in [0.717, 1.165) is 43.6 Å². The Bertz CT molecular complexity index is 1200. The van der Waals surface area contributed by atoms with Crippen molar-refractivity contribution in [1.82, 2.24) is 24.8 Å². The fourth-order valence-electron chi connectivity index (χ4n) is 4.77. The van der Waals surface area contributed by atoms with Crippen LogP contribution in [0.5, 0.6) is 0 Å². The Kier molecular flexibility index (Phi) is 6.00. The molecule has 0 saturated carbocycles. The lowest BCUT2D eigenvalue weighted by molar-refractivity contribution is 0.0598. The average molecular weight is 448 g/mol. The van der Waals surface area contributed by atoms with E-state index in [0.29, 0.717) is 30.9 Å². The van der Waals surface area contributed by atoms with Crippen molar-refractivity contribution in [3.05, 3.63) is 93.2 Å². The highest BCUT2D eigenvalue weighted by molar-refractivity contribution is 5.94. The summed E-state index contributed by atoms with van der Waals surface area (Å²) in [6.07, 6.45) is 6.78. The Labute approximate surface area is 191 Å². The first-order valence-electron chi connectivity index (χ1n) is 11.4. The molecule has 7 nitrogen and oxygen atoms in total. The number of halogens is 1. The minimum absolute atomic E-state index is 0.113. The number of aromatic nitrogens is 3. The van der Waals surface area contributed by atoms with E-state index >= 15 is 0 Å². The average Bonchev–Trinajstić information content (AvgIpc) is 2.84. The van der Waals surface area contributed by atoms with Gasteiger partial charge in [-0.1, -0.05) is 0 Å². The van der Waals surface area contributed by atoms with Crippen molar-refractivity contribution < 1.29 is 9.18 Å². The third-order valence-corrected chi connectivity index (χ3v) is 6.50. The highest BCUT2D eigenvalue weighted by atomic mass is 19.1. The minimum Gasteiger partial charge on any atom is -0.328 e. The monoisotopic (exact) mass is 447 g/mol. The van der Waals surface area contributed by atoms with Crippen molar-refractivity contribution in [2.75, 3.05) is 13.1 Å². The quantitative estimate of drug-likeness (QED) is 0.664.